The van der Waals surface area contributed by atoms with Crippen LogP contribution in [0.4, 0.5) is 0 Å². The molecule has 136 valence electrons. The Balaban J connectivity index is 2.01. The lowest BCUT2D eigenvalue weighted by molar-refractivity contribution is 0.0660. The van der Waals surface area contributed by atoms with Gasteiger partial charge in [0.2, 0.25) is 0 Å². The molecule has 5 nitrogen and oxygen atoms in total. The highest BCUT2D eigenvalue weighted by Gasteiger charge is 2.39. The molecule has 0 spiro atoms. The minimum atomic E-state index is -0.338. The van der Waals surface area contributed by atoms with Gasteiger partial charge in [-0.1, -0.05) is 27.0 Å². The lowest BCUT2D eigenvalue weighted by Gasteiger charge is -2.29. The van der Waals surface area contributed by atoms with Gasteiger partial charge in [-0.3, -0.25) is 0 Å². The zero-order valence-corrected chi connectivity index (χ0v) is 15.1. The summed E-state index contributed by atoms with van der Waals surface area (Å²) in [6, 6.07) is 0. The number of aryl methyl sites for hydroxylation is 1. The van der Waals surface area contributed by atoms with Crippen molar-refractivity contribution in [3.63, 3.8) is 0 Å². The van der Waals surface area contributed by atoms with Gasteiger partial charge in [-0.2, -0.15) is 0 Å². The summed E-state index contributed by atoms with van der Waals surface area (Å²) in [5, 5.41) is 0. The fourth-order valence-electron chi connectivity index (χ4n) is 3.97. The maximum absolute atomic E-state index is 12.7. The Bertz CT molecular complexity index is 673. The number of carbonyl (C=O) groups excluding carboxylic acids is 1. The van der Waals surface area contributed by atoms with Gasteiger partial charge in [0.1, 0.15) is 0 Å². The zero-order chi connectivity index (χ0) is 18.0. The van der Waals surface area contributed by atoms with E-state index in [1.54, 1.807) is 0 Å². The van der Waals surface area contributed by atoms with Crippen LogP contribution < -0.4 is 0 Å². The van der Waals surface area contributed by atoms with Crippen molar-refractivity contribution < 1.29 is 19.0 Å². The van der Waals surface area contributed by atoms with E-state index >= 15 is 0 Å². The smallest absolute Gasteiger partial charge is 0.345 e. The molecule has 0 unspecified atom stereocenters. The molecule has 0 radical (unpaired) electrons. The first-order chi connectivity index (χ1) is 12.0. The second kappa shape index (κ2) is 7.08. The van der Waals surface area contributed by atoms with Crippen LogP contribution in [0.15, 0.2) is 25.7 Å². The van der Waals surface area contributed by atoms with Crippen LogP contribution in [-0.4, -0.2) is 30.8 Å². The first kappa shape index (κ1) is 17.8. The number of H-pyrrole nitrogens is 1. The summed E-state index contributed by atoms with van der Waals surface area (Å²) in [5.41, 5.74) is 4.01. The molecule has 0 aromatic carbocycles. The van der Waals surface area contributed by atoms with E-state index in [1.807, 2.05) is 0 Å². The largest absolute Gasteiger partial charge is 0.501 e. The van der Waals surface area contributed by atoms with Crippen molar-refractivity contribution >= 4 is 5.97 Å². The lowest BCUT2D eigenvalue weighted by Crippen LogP contribution is -2.23. The second-order valence-electron chi connectivity index (χ2n) is 7.69. The minimum absolute atomic E-state index is 0.0843. The summed E-state index contributed by atoms with van der Waals surface area (Å²) in [6.07, 6.45) is 5.55. The number of nitrogens with one attached hydrogen (secondary N) is 1. The van der Waals surface area contributed by atoms with Gasteiger partial charge in [-0.05, 0) is 30.2 Å². The molecule has 1 N–H and O–H groups in total. The first-order valence-corrected chi connectivity index (χ1v) is 8.82. The Morgan fingerprint density at radius 2 is 2.16 bits per heavy atom. The molecule has 2 atom stereocenters. The van der Waals surface area contributed by atoms with Crippen LogP contribution in [0.1, 0.15) is 53.5 Å². The predicted molar refractivity (Wildman–Crippen MR) is 95.4 cm³/mol. The normalized spacial score (nSPS) is 24.4. The van der Waals surface area contributed by atoms with Gasteiger partial charge in [0.05, 0.1) is 37.9 Å². The minimum Gasteiger partial charge on any atom is -0.501 e. The summed E-state index contributed by atoms with van der Waals surface area (Å²) in [5.74, 6) is -0.0714. The van der Waals surface area contributed by atoms with Crippen LogP contribution >= 0.6 is 0 Å². The van der Waals surface area contributed by atoms with E-state index in [4.69, 9.17) is 14.2 Å². The third-order valence-corrected chi connectivity index (χ3v) is 5.32. The van der Waals surface area contributed by atoms with Crippen LogP contribution in [0.2, 0.25) is 0 Å². The molecule has 3 rings (SSSR count). The van der Waals surface area contributed by atoms with Gasteiger partial charge in [0.15, 0.2) is 0 Å². The molecule has 0 saturated carbocycles. The van der Waals surface area contributed by atoms with Crippen LogP contribution in [0.5, 0.6) is 0 Å². The predicted octanol–water partition coefficient (Wildman–Crippen LogP) is 3.72. The van der Waals surface area contributed by atoms with Crippen molar-refractivity contribution in [2.75, 3.05) is 19.8 Å². The van der Waals surface area contributed by atoms with Crippen LogP contribution in [0.25, 0.3) is 0 Å². The standard InChI is InChI=1S/C20H27NO4/c1-5-23-10-13-11-24-12-15(13)18-17(19(22)25-6-2)14-9-20(3,4)8-7-16(14)21-18/h5-6,13,15,21H,1-2,7-12H2,3-4H3/t13-,15+/m0/s1. The van der Waals surface area contributed by atoms with Gasteiger partial charge < -0.3 is 19.2 Å². The summed E-state index contributed by atoms with van der Waals surface area (Å²) in [4.78, 5) is 16.2. The third-order valence-electron chi connectivity index (χ3n) is 5.32. The van der Waals surface area contributed by atoms with Gasteiger partial charge in [0.25, 0.3) is 0 Å². The fourth-order valence-corrected chi connectivity index (χ4v) is 3.97. The van der Waals surface area contributed by atoms with Crippen molar-refractivity contribution in [1.29, 1.82) is 0 Å². The molecular weight excluding hydrogens is 318 g/mol. The Morgan fingerprint density at radius 3 is 2.88 bits per heavy atom. The van der Waals surface area contributed by atoms with Crippen molar-refractivity contribution in [2.24, 2.45) is 11.3 Å². The van der Waals surface area contributed by atoms with E-state index in [2.05, 4.69) is 32.0 Å². The summed E-state index contributed by atoms with van der Waals surface area (Å²) < 4.78 is 16.2. The number of aromatic amines is 1. The second-order valence-corrected chi connectivity index (χ2v) is 7.69. The summed E-state index contributed by atoms with van der Waals surface area (Å²) in [7, 11) is 0. The number of aromatic nitrogens is 1. The van der Waals surface area contributed by atoms with Crippen LogP contribution in [0.3, 0.4) is 0 Å². The maximum atomic E-state index is 12.7. The topological polar surface area (TPSA) is 60.5 Å². The number of fused-ring (bicyclic) bond motifs is 1. The zero-order valence-electron chi connectivity index (χ0n) is 15.1. The molecule has 1 aliphatic heterocycles. The number of carbonyl (C=O) groups is 1. The molecule has 1 saturated heterocycles. The van der Waals surface area contributed by atoms with Gasteiger partial charge >= 0.3 is 5.97 Å². The van der Waals surface area contributed by atoms with Crippen molar-refractivity contribution in [3.05, 3.63) is 48.2 Å². The number of hydrogen-bond acceptors (Lipinski definition) is 4. The van der Waals surface area contributed by atoms with E-state index in [1.165, 1.54) is 12.5 Å². The van der Waals surface area contributed by atoms with E-state index in [9.17, 15) is 4.79 Å². The van der Waals surface area contributed by atoms with Crippen LogP contribution in [-0.2, 0) is 27.1 Å². The Morgan fingerprint density at radius 1 is 1.36 bits per heavy atom. The maximum Gasteiger partial charge on any atom is 0.345 e. The molecule has 0 amide bonds. The monoisotopic (exact) mass is 345 g/mol. The molecule has 1 aromatic heterocycles. The number of esters is 1. The van der Waals surface area contributed by atoms with Crippen molar-refractivity contribution in [3.8, 4) is 0 Å². The van der Waals surface area contributed by atoms with Crippen LogP contribution in [0, 0.1) is 11.3 Å². The molecule has 1 aromatic rings. The highest BCUT2D eigenvalue weighted by molar-refractivity contribution is 5.93. The third kappa shape index (κ3) is 3.52. The number of rotatable bonds is 6. The van der Waals surface area contributed by atoms with E-state index in [0.717, 1.165) is 36.2 Å². The average molecular weight is 345 g/mol. The first-order valence-electron chi connectivity index (χ1n) is 8.82. The molecule has 5 heteroatoms. The van der Waals surface area contributed by atoms with Crippen molar-refractivity contribution in [1.82, 2.24) is 4.98 Å². The van der Waals surface area contributed by atoms with Gasteiger partial charge in [0, 0.05) is 23.2 Å². The summed E-state index contributed by atoms with van der Waals surface area (Å²) in [6.45, 7) is 13.3. The summed E-state index contributed by atoms with van der Waals surface area (Å²) >= 11 is 0. The average Bonchev–Trinajstić information content (AvgIpc) is 3.15. The molecule has 0 bridgehead atoms. The lowest BCUT2D eigenvalue weighted by atomic mass is 9.75. The Kier molecular flexibility index (Phi) is 5.04. The molecule has 25 heavy (non-hydrogen) atoms. The molecular formula is C20H27NO4. The Hall–Kier alpha value is -2.01. The van der Waals surface area contributed by atoms with Crippen molar-refractivity contribution in [2.45, 2.75) is 39.0 Å². The van der Waals surface area contributed by atoms with Gasteiger partial charge in [-0.15, -0.1) is 0 Å². The number of ether oxygens (including phenoxy) is 3. The SMILES string of the molecule is C=COC[C@H]1COC[C@H]1c1[nH]c2c(c1C(=O)OC=C)CC(C)(C)CC2. The highest BCUT2D eigenvalue weighted by Crippen LogP contribution is 2.41. The van der Waals surface area contributed by atoms with E-state index in [-0.39, 0.29) is 23.2 Å². The quantitative estimate of drug-likeness (QED) is 0.630. The Labute approximate surface area is 149 Å². The molecule has 2 heterocycles. The highest BCUT2D eigenvalue weighted by atomic mass is 16.5. The molecule has 2 aliphatic rings. The van der Waals surface area contributed by atoms with E-state index < -0.39 is 0 Å². The number of hydrogen-bond donors (Lipinski definition) is 1. The van der Waals surface area contributed by atoms with Gasteiger partial charge in [-0.25, -0.2) is 4.79 Å². The molecule has 1 fully saturated rings. The fraction of sp³-hybridized carbons (Fsp3) is 0.550. The molecule has 1 aliphatic carbocycles. The van der Waals surface area contributed by atoms with E-state index in [0.29, 0.717) is 25.4 Å².